The lowest BCUT2D eigenvalue weighted by atomic mass is 10.1. The second kappa shape index (κ2) is 8.31. The molecule has 1 unspecified atom stereocenters. The van der Waals surface area contributed by atoms with Crippen molar-refractivity contribution in [2.45, 2.75) is 37.7 Å². The quantitative estimate of drug-likeness (QED) is 0.388. The highest BCUT2D eigenvalue weighted by Crippen LogP contribution is 2.22. The van der Waals surface area contributed by atoms with Crippen LogP contribution in [-0.2, 0) is 4.74 Å². The Balaban J connectivity index is 3.80. The van der Waals surface area contributed by atoms with Crippen LogP contribution < -0.4 is 5.32 Å². The molecule has 0 aromatic rings. The highest BCUT2D eigenvalue weighted by molar-refractivity contribution is 4.83. The molecule has 1 atom stereocenters. The molecule has 0 radical (unpaired) electrons. The fourth-order valence-electron chi connectivity index (χ4n) is 1.16. The van der Waals surface area contributed by atoms with Crippen molar-refractivity contribution in [1.29, 1.82) is 0 Å². The van der Waals surface area contributed by atoms with Gasteiger partial charge in [-0.2, -0.15) is 8.78 Å². The number of rotatable bonds is 9. The lowest BCUT2D eigenvalue weighted by Crippen LogP contribution is -2.36. The van der Waals surface area contributed by atoms with E-state index in [-0.39, 0.29) is 12.6 Å². The molecule has 100 valence electrons. The van der Waals surface area contributed by atoms with Crippen LogP contribution in [0.1, 0.15) is 19.3 Å². The summed E-state index contributed by atoms with van der Waals surface area (Å²) in [4.78, 5) is 0. The molecule has 0 rings (SSSR count). The van der Waals surface area contributed by atoms with Crippen LogP contribution in [0.2, 0.25) is 0 Å². The van der Waals surface area contributed by atoms with Crippen LogP contribution in [0.3, 0.4) is 0 Å². The van der Waals surface area contributed by atoms with Crippen LogP contribution in [-0.4, -0.2) is 38.7 Å². The van der Waals surface area contributed by atoms with Crippen molar-refractivity contribution in [3.63, 3.8) is 0 Å². The highest BCUT2D eigenvalue weighted by atomic mass is 19.3. The Morgan fingerprint density at radius 3 is 2.53 bits per heavy atom. The Morgan fingerprint density at radius 1 is 1.41 bits per heavy atom. The van der Waals surface area contributed by atoms with Gasteiger partial charge in [-0.3, -0.25) is 0 Å². The second-order valence-electron chi connectivity index (χ2n) is 3.66. The lowest BCUT2D eigenvalue weighted by Gasteiger charge is -2.19. The average molecular weight is 255 g/mol. The third-order valence-corrected chi connectivity index (χ3v) is 2.21. The summed E-state index contributed by atoms with van der Waals surface area (Å²) in [7, 11) is 1.65. The van der Waals surface area contributed by atoms with E-state index in [2.05, 4.69) is 16.0 Å². The predicted molar refractivity (Wildman–Crippen MR) is 57.3 cm³/mol. The van der Waals surface area contributed by atoms with Crippen molar-refractivity contribution in [3.05, 3.63) is 0 Å². The largest absolute Gasteiger partial charge is 0.373 e. The number of halogens is 4. The minimum atomic E-state index is -4.09. The van der Waals surface area contributed by atoms with Gasteiger partial charge in [-0.1, -0.05) is 0 Å². The first-order valence-corrected chi connectivity index (χ1v) is 5.28. The molecule has 0 aliphatic carbocycles. The first-order valence-electron chi connectivity index (χ1n) is 5.28. The number of unbranched alkanes of at least 4 members (excludes halogenated alkanes) is 1. The molecule has 0 spiro atoms. The standard InChI is InChI=1S/C11H17F4NO/c1-3-4-5-6-9(16-2)7-17-8-11(14,15)10(12)13/h1,9-10,16H,4-8H2,2H3. The molecule has 0 aromatic heterocycles. The maximum atomic E-state index is 12.5. The molecule has 2 nitrogen and oxygen atoms in total. The maximum absolute atomic E-state index is 12.5. The molecule has 0 saturated heterocycles. The Labute approximate surface area is 98.7 Å². The summed E-state index contributed by atoms with van der Waals surface area (Å²) in [6.07, 6.45) is 3.34. The molecule has 0 aromatic carbocycles. The average Bonchev–Trinajstić information content (AvgIpc) is 2.26. The third kappa shape index (κ3) is 7.18. The van der Waals surface area contributed by atoms with E-state index in [0.717, 1.165) is 6.42 Å². The van der Waals surface area contributed by atoms with Gasteiger partial charge in [-0.05, 0) is 19.9 Å². The zero-order valence-corrected chi connectivity index (χ0v) is 9.69. The van der Waals surface area contributed by atoms with Gasteiger partial charge in [0.2, 0.25) is 0 Å². The number of alkyl halides is 4. The summed E-state index contributed by atoms with van der Waals surface area (Å²) in [5, 5.41) is 2.85. The second-order valence-corrected chi connectivity index (χ2v) is 3.66. The van der Waals surface area contributed by atoms with Gasteiger partial charge in [0.05, 0.1) is 6.61 Å². The molecule has 0 fully saturated rings. The van der Waals surface area contributed by atoms with Gasteiger partial charge in [0.1, 0.15) is 6.61 Å². The molecule has 0 heterocycles. The van der Waals surface area contributed by atoms with Gasteiger partial charge < -0.3 is 10.1 Å². The first kappa shape index (κ1) is 16.2. The van der Waals surface area contributed by atoms with E-state index in [1.165, 1.54) is 0 Å². The molecule has 0 aliphatic heterocycles. The monoisotopic (exact) mass is 255 g/mol. The first-order chi connectivity index (χ1) is 7.94. The van der Waals surface area contributed by atoms with Crippen LogP contribution in [0.25, 0.3) is 0 Å². The van der Waals surface area contributed by atoms with Gasteiger partial charge in [0.25, 0.3) is 0 Å². The number of ether oxygens (including phenoxy) is 1. The number of hydrogen-bond acceptors (Lipinski definition) is 2. The van der Waals surface area contributed by atoms with Crippen molar-refractivity contribution >= 4 is 0 Å². The van der Waals surface area contributed by atoms with Gasteiger partial charge in [0.15, 0.2) is 0 Å². The van der Waals surface area contributed by atoms with E-state index >= 15 is 0 Å². The zero-order valence-electron chi connectivity index (χ0n) is 9.69. The molecular weight excluding hydrogens is 238 g/mol. The predicted octanol–water partition coefficient (Wildman–Crippen LogP) is 2.29. The Hall–Kier alpha value is -0.800. The molecule has 0 bridgehead atoms. The fourth-order valence-corrected chi connectivity index (χ4v) is 1.16. The van der Waals surface area contributed by atoms with Crippen LogP contribution in [0.5, 0.6) is 0 Å². The van der Waals surface area contributed by atoms with E-state index < -0.39 is 19.0 Å². The number of nitrogens with one attached hydrogen (secondary N) is 1. The van der Waals surface area contributed by atoms with Crippen molar-refractivity contribution in [2.75, 3.05) is 20.3 Å². The smallest absolute Gasteiger partial charge is 0.330 e. The van der Waals surface area contributed by atoms with Crippen LogP contribution in [0.4, 0.5) is 17.6 Å². The Bertz CT molecular complexity index is 240. The molecule has 6 heteroatoms. The Morgan fingerprint density at radius 2 is 2.06 bits per heavy atom. The van der Waals surface area contributed by atoms with Crippen LogP contribution >= 0.6 is 0 Å². The van der Waals surface area contributed by atoms with E-state index in [4.69, 9.17) is 6.42 Å². The molecule has 0 saturated carbocycles. The molecule has 17 heavy (non-hydrogen) atoms. The zero-order chi connectivity index (χ0) is 13.3. The third-order valence-electron chi connectivity index (χ3n) is 2.21. The van der Waals surface area contributed by atoms with E-state index in [9.17, 15) is 17.6 Å². The number of likely N-dealkylation sites (N-methyl/N-ethyl adjacent to an activating group) is 1. The molecular formula is C11H17F4NO. The summed E-state index contributed by atoms with van der Waals surface area (Å²) < 4.78 is 53.2. The summed E-state index contributed by atoms with van der Waals surface area (Å²) in [5.41, 5.74) is 0. The van der Waals surface area contributed by atoms with Gasteiger partial charge in [-0.15, -0.1) is 12.3 Å². The molecule has 0 aliphatic rings. The summed E-state index contributed by atoms with van der Waals surface area (Å²) in [6, 6.07) is -0.156. The van der Waals surface area contributed by atoms with Gasteiger partial charge >= 0.3 is 12.3 Å². The van der Waals surface area contributed by atoms with Crippen LogP contribution in [0, 0.1) is 12.3 Å². The fraction of sp³-hybridized carbons (Fsp3) is 0.818. The molecule has 0 amide bonds. The minimum absolute atomic E-state index is 0.0383. The van der Waals surface area contributed by atoms with Crippen molar-refractivity contribution in [3.8, 4) is 12.3 Å². The van der Waals surface area contributed by atoms with Crippen molar-refractivity contribution < 1.29 is 22.3 Å². The number of terminal acetylenes is 1. The summed E-state index contributed by atoms with van der Waals surface area (Å²) >= 11 is 0. The highest BCUT2D eigenvalue weighted by Gasteiger charge is 2.41. The van der Waals surface area contributed by atoms with Gasteiger partial charge in [0, 0.05) is 12.5 Å². The lowest BCUT2D eigenvalue weighted by molar-refractivity contribution is -0.167. The topological polar surface area (TPSA) is 21.3 Å². The normalized spacial score (nSPS) is 13.7. The van der Waals surface area contributed by atoms with Crippen molar-refractivity contribution in [2.24, 2.45) is 0 Å². The van der Waals surface area contributed by atoms with Crippen LogP contribution in [0.15, 0.2) is 0 Å². The Kier molecular flexibility index (Phi) is 7.92. The summed E-state index contributed by atoms with van der Waals surface area (Å²) in [5.74, 6) is -1.63. The molecule has 1 N–H and O–H groups in total. The van der Waals surface area contributed by atoms with E-state index in [1.807, 2.05) is 0 Å². The maximum Gasteiger partial charge on any atom is 0.330 e. The van der Waals surface area contributed by atoms with Crippen molar-refractivity contribution in [1.82, 2.24) is 5.32 Å². The summed E-state index contributed by atoms with van der Waals surface area (Å²) in [6.45, 7) is -1.30. The van der Waals surface area contributed by atoms with Gasteiger partial charge in [-0.25, -0.2) is 8.78 Å². The van der Waals surface area contributed by atoms with E-state index in [1.54, 1.807) is 7.05 Å². The number of hydrogen-bond donors (Lipinski definition) is 1. The SMILES string of the molecule is C#CCCCC(COCC(F)(F)C(F)F)NC. The van der Waals surface area contributed by atoms with E-state index in [0.29, 0.717) is 12.8 Å². The minimum Gasteiger partial charge on any atom is -0.373 e.